The number of aromatic nitrogens is 3. The van der Waals surface area contributed by atoms with E-state index in [2.05, 4.69) is 34.4 Å². The van der Waals surface area contributed by atoms with Crippen LogP contribution in [0.2, 0.25) is 4.34 Å². The van der Waals surface area contributed by atoms with Gasteiger partial charge in [0.1, 0.15) is 5.69 Å². The number of benzene rings is 1. The number of rotatable bonds is 6. The van der Waals surface area contributed by atoms with E-state index in [0.29, 0.717) is 34.0 Å². The van der Waals surface area contributed by atoms with Crippen LogP contribution in [0.5, 0.6) is 0 Å². The van der Waals surface area contributed by atoms with Crippen molar-refractivity contribution in [3.05, 3.63) is 57.5 Å². The Morgan fingerprint density at radius 2 is 1.90 bits per heavy atom. The van der Waals surface area contributed by atoms with Gasteiger partial charge in [0.05, 0.1) is 34.2 Å². The fourth-order valence-electron chi connectivity index (χ4n) is 3.39. The summed E-state index contributed by atoms with van der Waals surface area (Å²) in [5.74, 6) is -0.0865. The summed E-state index contributed by atoms with van der Waals surface area (Å²) in [5, 5.41) is 11.1. The lowest BCUT2D eigenvalue weighted by molar-refractivity contribution is -0.121. The van der Waals surface area contributed by atoms with Crippen LogP contribution in [0, 0.1) is 0 Å². The molecular formula is C21H23ClN6O2S. The van der Waals surface area contributed by atoms with Crippen LogP contribution in [0.25, 0.3) is 5.69 Å². The zero-order chi connectivity index (χ0) is 22.0. The van der Waals surface area contributed by atoms with Crippen molar-refractivity contribution in [1.82, 2.24) is 25.2 Å². The molecule has 0 radical (unpaired) electrons. The molecule has 0 spiro atoms. The first-order valence-corrected chi connectivity index (χ1v) is 11.2. The molecule has 3 aromatic rings. The highest BCUT2D eigenvalue weighted by Gasteiger charge is 2.26. The third kappa shape index (κ3) is 4.95. The van der Waals surface area contributed by atoms with Gasteiger partial charge >= 0.3 is 0 Å². The monoisotopic (exact) mass is 458 g/mol. The van der Waals surface area contributed by atoms with Gasteiger partial charge in [-0.05, 0) is 50.2 Å². The van der Waals surface area contributed by atoms with Gasteiger partial charge in [-0.2, -0.15) is 0 Å². The molecule has 1 saturated heterocycles. The maximum Gasteiger partial charge on any atom is 0.261 e. The zero-order valence-corrected chi connectivity index (χ0v) is 18.9. The Kier molecular flexibility index (Phi) is 6.35. The number of nitrogens with zero attached hydrogens (tertiary/aromatic N) is 5. The standard InChI is InChI=1S/C21H23ClN6O2S/c1-14(2)26-9-10-27(20(29)13-26)16-3-5-17(6-4-16)28-12-15(24-25-28)11-23-21(30)18-7-8-19(22)31-18/h3-8,12,14H,9-11,13H2,1-2H3,(H,23,30). The summed E-state index contributed by atoms with van der Waals surface area (Å²) in [4.78, 5) is 29.2. The lowest BCUT2D eigenvalue weighted by Gasteiger charge is -2.36. The Hall–Kier alpha value is -2.75. The van der Waals surface area contributed by atoms with Gasteiger partial charge in [-0.1, -0.05) is 16.8 Å². The second kappa shape index (κ2) is 9.17. The molecule has 1 N–H and O–H groups in total. The number of carbonyl (C=O) groups is 2. The Bertz CT molecular complexity index is 1080. The van der Waals surface area contributed by atoms with E-state index in [1.807, 2.05) is 29.2 Å². The Morgan fingerprint density at radius 3 is 2.55 bits per heavy atom. The second-order valence-corrected chi connectivity index (χ2v) is 9.28. The molecule has 0 atom stereocenters. The molecule has 0 unspecified atom stereocenters. The quantitative estimate of drug-likeness (QED) is 0.614. The van der Waals surface area contributed by atoms with Crippen molar-refractivity contribution < 1.29 is 9.59 Å². The Morgan fingerprint density at radius 1 is 1.16 bits per heavy atom. The van der Waals surface area contributed by atoms with Crippen molar-refractivity contribution >= 4 is 40.4 Å². The average molecular weight is 459 g/mol. The van der Waals surface area contributed by atoms with E-state index in [0.717, 1.165) is 17.9 Å². The first-order valence-electron chi connectivity index (χ1n) is 10.0. The van der Waals surface area contributed by atoms with E-state index >= 15 is 0 Å². The summed E-state index contributed by atoms with van der Waals surface area (Å²) in [6.07, 6.45) is 1.77. The van der Waals surface area contributed by atoms with Crippen molar-refractivity contribution in [3.63, 3.8) is 0 Å². The Balaban J connectivity index is 1.37. The zero-order valence-electron chi connectivity index (χ0n) is 17.3. The van der Waals surface area contributed by atoms with Crippen molar-refractivity contribution in [2.75, 3.05) is 24.5 Å². The molecule has 1 aliphatic rings. The van der Waals surface area contributed by atoms with Crippen molar-refractivity contribution in [2.45, 2.75) is 26.4 Å². The molecule has 1 aliphatic heterocycles. The smallest absolute Gasteiger partial charge is 0.261 e. The highest BCUT2D eigenvalue weighted by molar-refractivity contribution is 7.17. The van der Waals surface area contributed by atoms with Crippen molar-refractivity contribution in [1.29, 1.82) is 0 Å². The molecule has 3 heterocycles. The third-order valence-electron chi connectivity index (χ3n) is 5.17. The number of thiophene rings is 1. The maximum atomic E-state index is 12.5. The highest BCUT2D eigenvalue weighted by Crippen LogP contribution is 2.22. The van der Waals surface area contributed by atoms with Gasteiger partial charge in [0.15, 0.2) is 0 Å². The van der Waals surface area contributed by atoms with Crippen LogP contribution < -0.4 is 10.2 Å². The second-order valence-electron chi connectivity index (χ2n) is 7.57. The molecule has 162 valence electrons. The molecule has 0 saturated carbocycles. The molecule has 2 aromatic heterocycles. The van der Waals surface area contributed by atoms with Gasteiger partial charge in [0.2, 0.25) is 5.91 Å². The normalized spacial score (nSPS) is 15.0. The fraction of sp³-hybridized carbons (Fsp3) is 0.333. The summed E-state index contributed by atoms with van der Waals surface area (Å²) in [6, 6.07) is 11.4. The number of halogens is 1. The van der Waals surface area contributed by atoms with Gasteiger partial charge in [-0.15, -0.1) is 16.4 Å². The first-order chi connectivity index (χ1) is 14.9. The molecule has 8 nitrogen and oxygen atoms in total. The summed E-state index contributed by atoms with van der Waals surface area (Å²) >= 11 is 7.10. The molecule has 0 aliphatic carbocycles. The fourth-order valence-corrected chi connectivity index (χ4v) is 4.35. The van der Waals surface area contributed by atoms with Crippen molar-refractivity contribution in [3.8, 4) is 5.69 Å². The van der Waals surface area contributed by atoms with E-state index in [1.165, 1.54) is 11.3 Å². The van der Waals surface area contributed by atoms with Crippen LogP contribution in [0.15, 0.2) is 42.6 Å². The predicted molar refractivity (Wildman–Crippen MR) is 121 cm³/mol. The van der Waals surface area contributed by atoms with Gasteiger partial charge in [0, 0.05) is 24.8 Å². The first kappa shape index (κ1) is 21.5. The Labute approximate surface area is 189 Å². The average Bonchev–Trinajstić information content (AvgIpc) is 3.41. The van der Waals surface area contributed by atoms with Crippen LogP contribution >= 0.6 is 22.9 Å². The molecule has 4 rings (SSSR count). The van der Waals surface area contributed by atoms with Crippen molar-refractivity contribution in [2.24, 2.45) is 0 Å². The van der Waals surface area contributed by atoms with Crippen LogP contribution in [0.1, 0.15) is 29.2 Å². The molecule has 31 heavy (non-hydrogen) atoms. The van der Waals surface area contributed by atoms with E-state index in [9.17, 15) is 9.59 Å². The van der Waals surface area contributed by atoms with Crippen LogP contribution in [-0.4, -0.2) is 57.4 Å². The van der Waals surface area contributed by atoms with E-state index in [4.69, 9.17) is 11.6 Å². The van der Waals surface area contributed by atoms with Gasteiger partial charge < -0.3 is 10.2 Å². The van der Waals surface area contributed by atoms with Gasteiger partial charge in [-0.3, -0.25) is 14.5 Å². The molecule has 2 amide bonds. The molecular weight excluding hydrogens is 436 g/mol. The number of hydrogen-bond donors (Lipinski definition) is 1. The SMILES string of the molecule is CC(C)N1CCN(c2ccc(-n3cc(CNC(=O)c4ccc(Cl)s4)nn3)cc2)C(=O)C1. The minimum absolute atomic E-state index is 0.110. The summed E-state index contributed by atoms with van der Waals surface area (Å²) in [7, 11) is 0. The minimum Gasteiger partial charge on any atom is -0.346 e. The number of amides is 2. The molecule has 0 bridgehead atoms. The molecule has 10 heteroatoms. The lowest BCUT2D eigenvalue weighted by atomic mass is 10.2. The number of carbonyl (C=O) groups excluding carboxylic acids is 2. The van der Waals surface area contributed by atoms with Crippen LogP contribution in [-0.2, 0) is 11.3 Å². The van der Waals surface area contributed by atoms with E-state index < -0.39 is 0 Å². The van der Waals surface area contributed by atoms with Crippen LogP contribution in [0.3, 0.4) is 0 Å². The van der Waals surface area contributed by atoms with Gasteiger partial charge in [0.25, 0.3) is 5.91 Å². The van der Waals surface area contributed by atoms with E-state index in [-0.39, 0.29) is 18.4 Å². The number of hydrogen-bond acceptors (Lipinski definition) is 6. The largest absolute Gasteiger partial charge is 0.346 e. The maximum absolute atomic E-state index is 12.5. The lowest BCUT2D eigenvalue weighted by Crippen LogP contribution is -2.52. The summed E-state index contributed by atoms with van der Waals surface area (Å²) < 4.78 is 2.22. The number of piperazine rings is 1. The van der Waals surface area contributed by atoms with Crippen LogP contribution in [0.4, 0.5) is 5.69 Å². The third-order valence-corrected chi connectivity index (χ3v) is 6.40. The molecule has 1 fully saturated rings. The van der Waals surface area contributed by atoms with E-state index in [1.54, 1.807) is 23.0 Å². The highest BCUT2D eigenvalue weighted by atomic mass is 35.5. The van der Waals surface area contributed by atoms with Gasteiger partial charge in [-0.25, -0.2) is 4.68 Å². The predicted octanol–water partition coefficient (Wildman–Crippen LogP) is 2.97. The number of nitrogens with one attached hydrogen (secondary N) is 1. The summed E-state index contributed by atoms with van der Waals surface area (Å²) in [6.45, 7) is 6.46. The summed E-state index contributed by atoms with van der Waals surface area (Å²) in [5.41, 5.74) is 2.34. The minimum atomic E-state index is -0.196. The molecule has 1 aromatic carbocycles. The number of anilines is 1. The topological polar surface area (TPSA) is 83.4 Å².